The monoisotopic (exact) mass is 255 g/mol. The summed E-state index contributed by atoms with van der Waals surface area (Å²) in [5, 5.41) is 10.2. The van der Waals surface area contributed by atoms with Crippen LogP contribution in [0.25, 0.3) is 0 Å². The van der Waals surface area contributed by atoms with Crippen molar-refractivity contribution in [2.24, 2.45) is 11.8 Å². The number of hydrogen-bond donors (Lipinski definition) is 1. The van der Waals surface area contributed by atoms with Gasteiger partial charge in [-0.1, -0.05) is 19.8 Å². The molecule has 2 rings (SSSR count). The van der Waals surface area contributed by atoms with Gasteiger partial charge in [0.2, 0.25) is 0 Å². The number of aliphatic hydroxyl groups is 1. The van der Waals surface area contributed by atoms with E-state index in [1.165, 1.54) is 45.2 Å². The molecule has 2 aliphatic rings. The summed E-state index contributed by atoms with van der Waals surface area (Å²) in [6.07, 6.45) is 7.55. The minimum Gasteiger partial charge on any atom is -0.391 e. The summed E-state index contributed by atoms with van der Waals surface area (Å²) in [7, 11) is 0. The van der Waals surface area contributed by atoms with Crippen molar-refractivity contribution >= 4 is 0 Å². The second-order valence-corrected chi connectivity index (χ2v) is 6.08. The maximum atomic E-state index is 10.2. The van der Waals surface area contributed by atoms with Crippen LogP contribution in [-0.4, -0.2) is 49.0 Å². The van der Waals surface area contributed by atoms with Gasteiger partial charge in [0.15, 0.2) is 0 Å². The maximum Gasteiger partial charge on any atom is 0.0718 e. The Hall–Kier alpha value is -0.120. The van der Waals surface area contributed by atoms with Crippen molar-refractivity contribution in [3.63, 3.8) is 0 Å². The van der Waals surface area contributed by atoms with Crippen molar-refractivity contribution in [2.75, 3.05) is 32.8 Å². The highest BCUT2D eigenvalue weighted by Gasteiger charge is 2.26. The number of aliphatic hydroxyl groups excluding tert-OH is 1. The second kappa shape index (κ2) is 7.46. The third-order valence-electron chi connectivity index (χ3n) is 4.59. The minimum absolute atomic E-state index is 0.185. The summed E-state index contributed by atoms with van der Waals surface area (Å²) < 4.78 is 5.36. The van der Waals surface area contributed by atoms with Crippen LogP contribution in [-0.2, 0) is 4.74 Å². The Labute approximate surface area is 112 Å². The van der Waals surface area contributed by atoms with Crippen LogP contribution in [0, 0.1) is 11.8 Å². The fourth-order valence-electron chi connectivity index (χ4n) is 3.37. The highest BCUT2D eigenvalue weighted by Crippen LogP contribution is 2.23. The van der Waals surface area contributed by atoms with Crippen LogP contribution in [0.4, 0.5) is 0 Å². The molecule has 0 amide bonds. The summed E-state index contributed by atoms with van der Waals surface area (Å²) in [5.74, 6) is 1.30. The molecule has 0 aromatic rings. The van der Waals surface area contributed by atoms with Crippen LogP contribution in [0.15, 0.2) is 0 Å². The molecule has 0 aromatic heterocycles. The molecule has 3 heteroatoms. The fourth-order valence-corrected chi connectivity index (χ4v) is 3.37. The molecule has 3 atom stereocenters. The first-order valence-corrected chi connectivity index (χ1v) is 7.77. The smallest absolute Gasteiger partial charge is 0.0718 e. The van der Waals surface area contributed by atoms with E-state index in [-0.39, 0.29) is 6.10 Å². The van der Waals surface area contributed by atoms with Crippen molar-refractivity contribution in [1.29, 1.82) is 0 Å². The average Bonchev–Trinajstić information content (AvgIpc) is 2.81. The second-order valence-electron chi connectivity index (χ2n) is 6.08. The van der Waals surface area contributed by atoms with Gasteiger partial charge in [-0.15, -0.1) is 0 Å². The zero-order chi connectivity index (χ0) is 12.8. The molecule has 106 valence electrons. The fraction of sp³-hybridized carbons (Fsp3) is 1.00. The van der Waals surface area contributed by atoms with Gasteiger partial charge in [-0.3, -0.25) is 0 Å². The molecule has 0 aromatic carbocycles. The zero-order valence-corrected chi connectivity index (χ0v) is 11.8. The molecule has 2 heterocycles. The molecule has 2 saturated heterocycles. The van der Waals surface area contributed by atoms with E-state index < -0.39 is 0 Å². The van der Waals surface area contributed by atoms with E-state index in [0.717, 1.165) is 32.1 Å². The van der Waals surface area contributed by atoms with Gasteiger partial charge < -0.3 is 14.7 Å². The van der Waals surface area contributed by atoms with Gasteiger partial charge in [-0.2, -0.15) is 0 Å². The van der Waals surface area contributed by atoms with E-state index in [9.17, 15) is 5.11 Å². The van der Waals surface area contributed by atoms with Crippen LogP contribution in [0.1, 0.15) is 45.4 Å². The highest BCUT2D eigenvalue weighted by molar-refractivity contribution is 4.78. The summed E-state index contributed by atoms with van der Waals surface area (Å²) >= 11 is 0. The molecule has 1 N–H and O–H groups in total. The van der Waals surface area contributed by atoms with Gasteiger partial charge in [-0.05, 0) is 44.7 Å². The first-order chi connectivity index (χ1) is 8.79. The van der Waals surface area contributed by atoms with E-state index in [1.807, 2.05) is 0 Å². The third-order valence-corrected chi connectivity index (χ3v) is 4.59. The Balaban J connectivity index is 1.72. The average molecular weight is 255 g/mol. The van der Waals surface area contributed by atoms with E-state index in [2.05, 4.69) is 11.8 Å². The lowest BCUT2D eigenvalue weighted by atomic mass is 9.96. The van der Waals surface area contributed by atoms with Gasteiger partial charge in [0, 0.05) is 19.1 Å². The van der Waals surface area contributed by atoms with Gasteiger partial charge >= 0.3 is 0 Å². The lowest BCUT2D eigenvalue weighted by Gasteiger charge is -2.26. The summed E-state index contributed by atoms with van der Waals surface area (Å²) in [6, 6.07) is 0. The van der Waals surface area contributed by atoms with E-state index in [0.29, 0.717) is 5.92 Å². The van der Waals surface area contributed by atoms with Gasteiger partial charge in [0.25, 0.3) is 0 Å². The first-order valence-electron chi connectivity index (χ1n) is 7.77. The predicted molar refractivity (Wildman–Crippen MR) is 73.6 cm³/mol. The Morgan fingerprint density at radius 1 is 1.28 bits per heavy atom. The number of likely N-dealkylation sites (tertiary alicyclic amines) is 1. The molecule has 18 heavy (non-hydrogen) atoms. The standard InChI is InChI=1S/C15H29NO2/c1-2-4-13-5-3-8-16(9-6-13)11-15(17)14-7-10-18-12-14/h13-15,17H,2-12H2,1H3. The first kappa shape index (κ1) is 14.3. The summed E-state index contributed by atoms with van der Waals surface area (Å²) in [5.41, 5.74) is 0. The van der Waals surface area contributed by atoms with Crippen LogP contribution >= 0.6 is 0 Å². The van der Waals surface area contributed by atoms with Gasteiger partial charge in [-0.25, -0.2) is 0 Å². The molecule has 2 fully saturated rings. The number of hydrogen-bond acceptors (Lipinski definition) is 3. The molecular formula is C15H29NO2. The zero-order valence-electron chi connectivity index (χ0n) is 11.8. The molecule has 2 aliphatic heterocycles. The van der Waals surface area contributed by atoms with Crippen molar-refractivity contribution < 1.29 is 9.84 Å². The number of β-amino-alcohol motifs (C(OH)–C–C–N with tert-alkyl or cyclic N) is 1. The van der Waals surface area contributed by atoms with Crippen molar-refractivity contribution in [3.05, 3.63) is 0 Å². The lowest BCUT2D eigenvalue weighted by molar-refractivity contribution is 0.0565. The van der Waals surface area contributed by atoms with Crippen LogP contribution in [0.2, 0.25) is 0 Å². The van der Waals surface area contributed by atoms with Crippen LogP contribution in [0.3, 0.4) is 0 Å². The Morgan fingerprint density at radius 3 is 2.89 bits per heavy atom. The molecule has 0 aliphatic carbocycles. The van der Waals surface area contributed by atoms with Crippen molar-refractivity contribution in [2.45, 2.75) is 51.6 Å². The molecule has 0 saturated carbocycles. The number of ether oxygens (including phenoxy) is 1. The largest absolute Gasteiger partial charge is 0.391 e. The van der Waals surface area contributed by atoms with E-state index in [4.69, 9.17) is 4.74 Å². The van der Waals surface area contributed by atoms with Gasteiger partial charge in [0.1, 0.15) is 0 Å². The quantitative estimate of drug-likeness (QED) is 0.818. The normalized spacial score (nSPS) is 32.3. The summed E-state index contributed by atoms with van der Waals surface area (Å²) in [4.78, 5) is 2.47. The van der Waals surface area contributed by atoms with Gasteiger partial charge in [0.05, 0.1) is 12.7 Å². The number of rotatable bonds is 5. The number of nitrogens with zero attached hydrogens (tertiary/aromatic N) is 1. The molecule has 3 unspecified atom stereocenters. The Morgan fingerprint density at radius 2 is 2.17 bits per heavy atom. The van der Waals surface area contributed by atoms with Crippen molar-refractivity contribution in [3.8, 4) is 0 Å². The van der Waals surface area contributed by atoms with E-state index in [1.54, 1.807) is 0 Å². The van der Waals surface area contributed by atoms with Crippen LogP contribution in [0.5, 0.6) is 0 Å². The topological polar surface area (TPSA) is 32.7 Å². The Bertz CT molecular complexity index is 229. The minimum atomic E-state index is -0.185. The third kappa shape index (κ3) is 4.22. The Kier molecular flexibility index (Phi) is 5.93. The summed E-state index contributed by atoms with van der Waals surface area (Å²) in [6.45, 7) is 7.08. The predicted octanol–water partition coefficient (Wildman–Crippen LogP) is 2.29. The molecular weight excluding hydrogens is 226 g/mol. The lowest BCUT2D eigenvalue weighted by Crippen LogP contribution is -2.37. The molecule has 0 radical (unpaired) electrons. The highest BCUT2D eigenvalue weighted by atomic mass is 16.5. The van der Waals surface area contributed by atoms with Crippen LogP contribution < -0.4 is 0 Å². The molecule has 0 spiro atoms. The SMILES string of the molecule is CCCC1CCCN(CC(O)C2CCOC2)CC1. The maximum absolute atomic E-state index is 10.2. The van der Waals surface area contributed by atoms with E-state index >= 15 is 0 Å². The molecule has 0 bridgehead atoms. The van der Waals surface area contributed by atoms with Crippen molar-refractivity contribution in [1.82, 2.24) is 4.90 Å². The molecule has 3 nitrogen and oxygen atoms in total.